The topological polar surface area (TPSA) is 15.8 Å². The Morgan fingerprint density at radius 1 is 0.449 bits per heavy atom. The summed E-state index contributed by atoms with van der Waals surface area (Å²) in [6, 6.07) is 64.3. The van der Waals surface area contributed by atoms with Gasteiger partial charge in [-0.05, 0) is 191 Å². The van der Waals surface area contributed by atoms with Crippen LogP contribution in [0.5, 0.6) is 0 Å². The van der Waals surface area contributed by atoms with Crippen LogP contribution in [0.15, 0.2) is 188 Å². The number of rotatable bonds is 3. The van der Waals surface area contributed by atoms with E-state index in [0.717, 1.165) is 6.42 Å². The molecule has 1 N–H and O–H groups in total. The zero-order chi connectivity index (χ0) is 45.9. The Labute approximate surface area is 401 Å². The molecular formula is C68H49N. The van der Waals surface area contributed by atoms with Crippen molar-refractivity contribution in [2.45, 2.75) is 40.0 Å². The van der Waals surface area contributed by atoms with Crippen LogP contribution in [-0.4, -0.2) is 4.98 Å². The van der Waals surface area contributed by atoms with Gasteiger partial charge in [0.25, 0.3) is 0 Å². The maximum atomic E-state index is 3.89. The summed E-state index contributed by atoms with van der Waals surface area (Å²) < 4.78 is 0. The summed E-state index contributed by atoms with van der Waals surface area (Å²) in [7, 11) is 0. The third-order valence-corrected chi connectivity index (χ3v) is 16.3. The summed E-state index contributed by atoms with van der Waals surface area (Å²) >= 11 is 0. The highest BCUT2D eigenvalue weighted by atomic mass is 14.7. The van der Waals surface area contributed by atoms with Crippen LogP contribution in [0.1, 0.15) is 62.3 Å². The van der Waals surface area contributed by atoms with E-state index < -0.39 is 0 Å². The number of allylic oxidation sites excluding steroid dienone is 4. The Morgan fingerprint density at radius 2 is 1.04 bits per heavy atom. The standard InChI is InChI=1S/C68H49N/c1-67(2)37-60(39-16-6-5-7-17-39)65-59-34-55-43(33-61(59)69-62(65)38-67)28-40-26-27-41(31-54(40)55)63-50-22-12-14-24-52(50)64(53-25-15-13-23-51(53)63)45-30-44-29-42-32-57-48-20-10-8-18-46(48)47-19-9-11-21-49(47)58(57)35-56(42)66(44)68(3,4)36-45/h5-36,38,60,69H,37H2,1-4H3. The summed E-state index contributed by atoms with van der Waals surface area (Å²) in [6.07, 6.45) is 13.4. The van der Waals surface area contributed by atoms with E-state index in [0.29, 0.717) is 5.92 Å². The quantitative estimate of drug-likeness (QED) is 0.134. The van der Waals surface area contributed by atoms with Crippen LogP contribution < -0.4 is 21.0 Å². The number of aromatic amines is 1. The van der Waals surface area contributed by atoms with Gasteiger partial charge in [-0.1, -0.05) is 179 Å². The molecule has 10 aromatic carbocycles. The predicted octanol–water partition coefficient (Wildman–Crippen LogP) is 14.7. The lowest BCUT2D eigenvalue weighted by molar-refractivity contribution is 0.428. The molecule has 0 radical (unpaired) electrons. The van der Waals surface area contributed by atoms with E-state index in [1.165, 1.54) is 147 Å². The fourth-order valence-corrected chi connectivity index (χ4v) is 13.5. The van der Waals surface area contributed by atoms with Crippen LogP contribution in [0.4, 0.5) is 0 Å². The Kier molecular flexibility index (Phi) is 7.81. The minimum Gasteiger partial charge on any atom is -0.355 e. The Morgan fingerprint density at radius 3 is 1.71 bits per heavy atom. The Hall–Kier alpha value is -8.00. The Bertz CT molecular complexity index is 4430. The van der Waals surface area contributed by atoms with Gasteiger partial charge in [0, 0.05) is 27.6 Å². The third-order valence-electron chi connectivity index (χ3n) is 16.3. The van der Waals surface area contributed by atoms with Crippen molar-refractivity contribution in [1.82, 2.24) is 4.98 Å². The second-order valence-electron chi connectivity index (χ2n) is 21.5. The van der Waals surface area contributed by atoms with E-state index in [1.807, 2.05) is 0 Å². The number of fused-ring (bicyclic) bond motifs is 16. The number of H-pyrrole nitrogens is 1. The monoisotopic (exact) mass is 879 g/mol. The molecule has 4 aliphatic rings. The summed E-state index contributed by atoms with van der Waals surface area (Å²) in [6.45, 7) is 9.57. The average molecular weight is 880 g/mol. The van der Waals surface area contributed by atoms with E-state index in [2.05, 4.69) is 233 Å². The summed E-state index contributed by atoms with van der Waals surface area (Å²) in [5.41, 5.74) is 15.7. The van der Waals surface area contributed by atoms with E-state index in [-0.39, 0.29) is 10.8 Å². The molecule has 1 heteroatoms. The molecule has 326 valence electrons. The number of hydrogen-bond acceptors (Lipinski definition) is 0. The maximum Gasteiger partial charge on any atom is 0.0468 e. The van der Waals surface area contributed by atoms with Gasteiger partial charge in [-0.3, -0.25) is 0 Å². The molecule has 15 rings (SSSR count). The lowest BCUT2D eigenvalue weighted by Crippen LogP contribution is -2.28. The highest BCUT2D eigenvalue weighted by Gasteiger charge is 2.34. The lowest BCUT2D eigenvalue weighted by Gasteiger charge is -2.31. The van der Waals surface area contributed by atoms with Crippen molar-refractivity contribution in [3.8, 4) is 22.3 Å². The van der Waals surface area contributed by atoms with Crippen LogP contribution in [0.25, 0.3) is 116 Å². The van der Waals surface area contributed by atoms with E-state index in [4.69, 9.17) is 0 Å². The van der Waals surface area contributed by atoms with Gasteiger partial charge in [0.1, 0.15) is 0 Å². The number of aromatic nitrogens is 1. The van der Waals surface area contributed by atoms with Gasteiger partial charge in [-0.15, -0.1) is 0 Å². The summed E-state index contributed by atoms with van der Waals surface area (Å²) in [5.74, 6) is 0.328. The zero-order valence-electron chi connectivity index (χ0n) is 39.3. The van der Waals surface area contributed by atoms with Gasteiger partial charge in [-0.25, -0.2) is 0 Å². The third kappa shape index (κ3) is 5.59. The van der Waals surface area contributed by atoms with Crippen LogP contribution in [-0.2, 0) is 0 Å². The van der Waals surface area contributed by atoms with Crippen molar-refractivity contribution in [1.29, 1.82) is 0 Å². The molecule has 0 saturated heterocycles. The summed E-state index contributed by atoms with van der Waals surface area (Å²) in [4.78, 5) is 3.89. The highest BCUT2D eigenvalue weighted by molar-refractivity contribution is 6.26. The van der Waals surface area contributed by atoms with Gasteiger partial charge in [0.15, 0.2) is 0 Å². The average Bonchev–Trinajstić information content (AvgIpc) is 4.03. The predicted molar refractivity (Wildman–Crippen MR) is 294 cm³/mol. The molecule has 4 aliphatic carbocycles. The number of benzene rings is 10. The van der Waals surface area contributed by atoms with Crippen LogP contribution in [0.2, 0.25) is 0 Å². The SMILES string of the molecule is CC1(C)C=c2[nH]c3cc4c(cc3c2C(c2ccccc2)C1)-c1cc(-c2c3ccccc3c(C3=CC(C)(C)C5=c6cc7c8ccccc8c8ccccc8c7cc6=CC5=C3)c3ccccc23)ccc1C=4. The zero-order valence-corrected chi connectivity index (χ0v) is 39.3. The first-order valence-corrected chi connectivity index (χ1v) is 24.7. The van der Waals surface area contributed by atoms with Crippen molar-refractivity contribution in [3.63, 3.8) is 0 Å². The molecular weight excluding hydrogens is 831 g/mol. The van der Waals surface area contributed by atoms with Crippen LogP contribution in [0, 0.1) is 10.8 Å². The molecule has 1 atom stereocenters. The van der Waals surface area contributed by atoms with Gasteiger partial charge < -0.3 is 4.98 Å². The molecule has 1 unspecified atom stereocenters. The van der Waals surface area contributed by atoms with Gasteiger partial charge in [0.05, 0.1) is 0 Å². The largest absolute Gasteiger partial charge is 0.355 e. The van der Waals surface area contributed by atoms with Gasteiger partial charge >= 0.3 is 0 Å². The molecule has 1 aromatic heterocycles. The first-order valence-electron chi connectivity index (χ1n) is 24.7. The minimum atomic E-state index is -0.217. The van der Waals surface area contributed by atoms with Crippen molar-refractivity contribution < 1.29 is 0 Å². The van der Waals surface area contributed by atoms with E-state index >= 15 is 0 Å². The number of hydrogen-bond donors (Lipinski definition) is 1. The van der Waals surface area contributed by atoms with Crippen molar-refractivity contribution in [2.24, 2.45) is 10.8 Å². The highest BCUT2D eigenvalue weighted by Crippen LogP contribution is 2.50. The van der Waals surface area contributed by atoms with Gasteiger partial charge in [0.2, 0.25) is 0 Å². The normalized spacial score (nSPS) is 17.2. The molecule has 0 saturated carbocycles. The van der Waals surface area contributed by atoms with Crippen molar-refractivity contribution in [2.75, 3.05) is 0 Å². The summed E-state index contributed by atoms with van der Waals surface area (Å²) in [5, 5.41) is 19.6. The lowest BCUT2D eigenvalue weighted by atomic mass is 9.72. The molecule has 11 aromatic rings. The van der Waals surface area contributed by atoms with E-state index in [9.17, 15) is 0 Å². The molecule has 0 bridgehead atoms. The first kappa shape index (κ1) is 39.0. The van der Waals surface area contributed by atoms with Crippen molar-refractivity contribution in [3.05, 3.63) is 231 Å². The Balaban J connectivity index is 0.900. The molecule has 1 nitrogen and oxygen atoms in total. The number of nitrogens with one attached hydrogen (secondary N) is 1. The molecule has 1 heterocycles. The van der Waals surface area contributed by atoms with Gasteiger partial charge in [-0.2, -0.15) is 0 Å². The fraction of sp³-hybridized carbons (Fsp3) is 0.118. The van der Waals surface area contributed by atoms with Crippen LogP contribution in [0.3, 0.4) is 0 Å². The fourth-order valence-electron chi connectivity index (χ4n) is 13.5. The molecule has 0 amide bonds. The maximum absolute atomic E-state index is 3.89. The molecule has 0 aliphatic heterocycles. The molecule has 0 fully saturated rings. The second kappa shape index (κ2) is 13.8. The first-order chi connectivity index (χ1) is 33.7. The molecule has 0 spiro atoms. The molecule has 69 heavy (non-hydrogen) atoms. The smallest absolute Gasteiger partial charge is 0.0468 e. The van der Waals surface area contributed by atoms with Crippen molar-refractivity contribution >= 4 is 94.1 Å². The van der Waals surface area contributed by atoms with E-state index in [1.54, 1.807) is 0 Å². The second-order valence-corrected chi connectivity index (χ2v) is 21.5. The van der Waals surface area contributed by atoms with Crippen LogP contribution >= 0.6 is 0 Å². The minimum absolute atomic E-state index is 0.0936.